The quantitative estimate of drug-likeness (QED) is 0.885. The molecule has 1 aliphatic carbocycles. The fourth-order valence-corrected chi connectivity index (χ4v) is 4.48. The predicted octanol–water partition coefficient (Wildman–Crippen LogP) is 2.97. The van der Waals surface area contributed by atoms with Crippen LogP contribution in [0.5, 0.6) is 0 Å². The lowest BCUT2D eigenvalue weighted by atomic mass is 10.2. The number of nitrogens with zero attached hydrogens (tertiary/aromatic N) is 1. The predicted molar refractivity (Wildman–Crippen MR) is 81.7 cm³/mol. The van der Waals surface area contributed by atoms with Gasteiger partial charge in [0, 0.05) is 17.2 Å². The third-order valence-corrected chi connectivity index (χ3v) is 5.49. The summed E-state index contributed by atoms with van der Waals surface area (Å²) in [5, 5.41) is 0.891. The lowest BCUT2D eigenvalue weighted by Gasteiger charge is -2.05. The second kappa shape index (κ2) is 4.83. The van der Waals surface area contributed by atoms with Gasteiger partial charge in [-0.05, 0) is 43.3 Å². The first-order valence-corrected chi connectivity index (χ1v) is 8.60. The Balaban J connectivity index is 2.26. The monoisotopic (exact) mass is 298 g/mol. The van der Waals surface area contributed by atoms with Crippen LogP contribution in [-0.2, 0) is 19.4 Å². The molecule has 3 nitrogen and oxygen atoms in total. The van der Waals surface area contributed by atoms with Crippen LogP contribution in [0, 0.1) is 4.77 Å². The SMILES string of the molecule is CSCCn1c(=S)[nH]c2sc3c(c2c1=O)CCC3. The summed E-state index contributed by atoms with van der Waals surface area (Å²) in [5.41, 5.74) is 1.37. The van der Waals surface area contributed by atoms with Gasteiger partial charge in [-0.3, -0.25) is 9.36 Å². The number of thiophene rings is 1. The number of thioether (sulfide) groups is 1. The van der Waals surface area contributed by atoms with Crippen molar-refractivity contribution in [3.63, 3.8) is 0 Å². The van der Waals surface area contributed by atoms with Crippen LogP contribution in [0.15, 0.2) is 4.79 Å². The first-order valence-electron chi connectivity index (χ1n) is 5.98. The van der Waals surface area contributed by atoms with Gasteiger partial charge in [-0.25, -0.2) is 0 Å². The van der Waals surface area contributed by atoms with E-state index in [4.69, 9.17) is 12.2 Å². The van der Waals surface area contributed by atoms with Gasteiger partial charge in [-0.1, -0.05) is 0 Å². The topological polar surface area (TPSA) is 37.8 Å². The van der Waals surface area contributed by atoms with Crippen LogP contribution in [0.1, 0.15) is 16.9 Å². The van der Waals surface area contributed by atoms with Crippen molar-refractivity contribution in [2.45, 2.75) is 25.8 Å². The van der Waals surface area contributed by atoms with Crippen molar-refractivity contribution in [2.75, 3.05) is 12.0 Å². The zero-order chi connectivity index (χ0) is 12.7. The highest BCUT2D eigenvalue weighted by Crippen LogP contribution is 2.34. The molecule has 0 aliphatic heterocycles. The zero-order valence-corrected chi connectivity index (χ0v) is 12.6. The second-order valence-corrected chi connectivity index (χ2v) is 6.92. The average Bonchev–Trinajstić information content (AvgIpc) is 2.88. The minimum Gasteiger partial charge on any atom is -0.323 e. The first kappa shape index (κ1) is 12.4. The van der Waals surface area contributed by atoms with E-state index in [0.29, 0.717) is 11.3 Å². The maximum absolute atomic E-state index is 12.5. The van der Waals surface area contributed by atoms with Crippen LogP contribution >= 0.6 is 35.3 Å². The molecule has 0 bridgehead atoms. The molecule has 0 aromatic carbocycles. The van der Waals surface area contributed by atoms with Crippen LogP contribution in [0.25, 0.3) is 10.2 Å². The molecule has 1 N–H and O–H groups in total. The zero-order valence-electron chi connectivity index (χ0n) is 10.1. The molecule has 3 rings (SSSR count). The van der Waals surface area contributed by atoms with E-state index in [1.54, 1.807) is 27.7 Å². The Labute approximate surface area is 118 Å². The second-order valence-electron chi connectivity index (χ2n) is 4.44. The first-order chi connectivity index (χ1) is 8.72. The fourth-order valence-electron chi connectivity index (χ4n) is 2.50. The molecule has 0 unspecified atom stereocenters. The number of aryl methyl sites for hydroxylation is 2. The number of fused-ring (bicyclic) bond motifs is 3. The number of aromatic nitrogens is 2. The summed E-state index contributed by atoms with van der Waals surface area (Å²) in [6.07, 6.45) is 5.37. The van der Waals surface area contributed by atoms with Gasteiger partial charge in [0.25, 0.3) is 5.56 Å². The summed E-state index contributed by atoms with van der Waals surface area (Å²) in [6, 6.07) is 0. The van der Waals surface area contributed by atoms with Gasteiger partial charge in [0.15, 0.2) is 4.77 Å². The standard InChI is InChI=1S/C12H14N2OS3/c1-17-6-5-14-11(15)9-7-3-2-4-8(7)18-10(9)13-12(14)16/h2-6H2,1H3,(H,13,16). The van der Waals surface area contributed by atoms with Gasteiger partial charge >= 0.3 is 0 Å². The van der Waals surface area contributed by atoms with Crippen molar-refractivity contribution >= 4 is 45.5 Å². The maximum Gasteiger partial charge on any atom is 0.263 e. The molecule has 0 fully saturated rings. The Hall–Kier alpha value is -0.590. The molecule has 0 radical (unpaired) electrons. The molecular weight excluding hydrogens is 284 g/mol. The van der Waals surface area contributed by atoms with Gasteiger partial charge in [0.2, 0.25) is 0 Å². The summed E-state index contributed by atoms with van der Waals surface area (Å²) in [5.74, 6) is 0.912. The molecule has 96 valence electrons. The van der Waals surface area contributed by atoms with Crippen molar-refractivity contribution in [2.24, 2.45) is 0 Å². The van der Waals surface area contributed by atoms with E-state index < -0.39 is 0 Å². The van der Waals surface area contributed by atoms with Crippen LogP contribution in [0.2, 0.25) is 0 Å². The number of hydrogen-bond acceptors (Lipinski definition) is 4. The molecule has 2 heterocycles. The Bertz CT molecular complexity index is 710. The van der Waals surface area contributed by atoms with E-state index in [9.17, 15) is 4.79 Å². The van der Waals surface area contributed by atoms with E-state index in [2.05, 4.69) is 4.98 Å². The highest BCUT2D eigenvalue weighted by atomic mass is 32.2. The number of hydrogen-bond donors (Lipinski definition) is 1. The van der Waals surface area contributed by atoms with E-state index in [0.717, 1.165) is 28.8 Å². The molecule has 2 aromatic rings. The van der Waals surface area contributed by atoms with Gasteiger partial charge in [-0.15, -0.1) is 11.3 Å². The van der Waals surface area contributed by atoms with Crippen molar-refractivity contribution < 1.29 is 0 Å². The number of H-pyrrole nitrogens is 1. The van der Waals surface area contributed by atoms with Crippen molar-refractivity contribution in [3.8, 4) is 0 Å². The van der Waals surface area contributed by atoms with Crippen LogP contribution in [-0.4, -0.2) is 21.6 Å². The molecule has 0 saturated heterocycles. The van der Waals surface area contributed by atoms with Crippen molar-refractivity contribution in [1.29, 1.82) is 0 Å². The smallest absolute Gasteiger partial charge is 0.263 e. The molecule has 2 aromatic heterocycles. The van der Waals surface area contributed by atoms with Crippen LogP contribution in [0.4, 0.5) is 0 Å². The lowest BCUT2D eigenvalue weighted by Crippen LogP contribution is -2.23. The fraction of sp³-hybridized carbons (Fsp3) is 0.500. The summed E-state index contributed by atoms with van der Waals surface area (Å²) in [7, 11) is 0. The Morgan fingerprint density at radius 1 is 1.50 bits per heavy atom. The minimum atomic E-state index is 0.0993. The Morgan fingerprint density at radius 3 is 3.11 bits per heavy atom. The van der Waals surface area contributed by atoms with E-state index in [1.165, 1.54) is 16.9 Å². The highest BCUT2D eigenvalue weighted by molar-refractivity contribution is 7.98. The molecule has 0 amide bonds. The molecule has 6 heteroatoms. The molecular formula is C12H14N2OS3. The minimum absolute atomic E-state index is 0.0993. The average molecular weight is 298 g/mol. The van der Waals surface area contributed by atoms with Crippen molar-refractivity contribution in [3.05, 3.63) is 25.6 Å². The molecule has 0 atom stereocenters. The number of rotatable bonds is 3. The van der Waals surface area contributed by atoms with Gasteiger partial charge < -0.3 is 4.98 Å². The summed E-state index contributed by atoms with van der Waals surface area (Å²) >= 11 is 8.73. The number of nitrogens with one attached hydrogen (secondary N) is 1. The Kier molecular flexibility index (Phi) is 3.34. The molecule has 1 aliphatic rings. The number of aromatic amines is 1. The highest BCUT2D eigenvalue weighted by Gasteiger charge is 2.21. The van der Waals surface area contributed by atoms with E-state index >= 15 is 0 Å². The normalized spacial score (nSPS) is 14.3. The van der Waals surface area contributed by atoms with Gasteiger partial charge in [0.05, 0.1) is 5.39 Å². The third kappa shape index (κ3) is 1.87. The van der Waals surface area contributed by atoms with Gasteiger partial charge in [0.1, 0.15) is 4.83 Å². The van der Waals surface area contributed by atoms with E-state index in [1.807, 2.05) is 6.26 Å². The summed E-state index contributed by atoms with van der Waals surface area (Å²) in [4.78, 5) is 18.1. The summed E-state index contributed by atoms with van der Waals surface area (Å²) < 4.78 is 2.26. The van der Waals surface area contributed by atoms with Crippen molar-refractivity contribution in [1.82, 2.24) is 9.55 Å². The van der Waals surface area contributed by atoms with E-state index in [-0.39, 0.29) is 5.56 Å². The molecule has 0 saturated carbocycles. The van der Waals surface area contributed by atoms with Crippen LogP contribution < -0.4 is 5.56 Å². The summed E-state index contributed by atoms with van der Waals surface area (Å²) in [6.45, 7) is 0.690. The maximum atomic E-state index is 12.5. The third-order valence-electron chi connectivity index (χ3n) is 3.36. The van der Waals surface area contributed by atoms with Crippen LogP contribution in [0.3, 0.4) is 0 Å². The molecule has 0 spiro atoms. The largest absolute Gasteiger partial charge is 0.323 e. The molecule has 18 heavy (non-hydrogen) atoms. The van der Waals surface area contributed by atoms with Gasteiger partial charge in [-0.2, -0.15) is 11.8 Å². The Morgan fingerprint density at radius 2 is 2.33 bits per heavy atom. The lowest BCUT2D eigenvalue weighted by molar-refractivity contribution is 0.712.